The zero-order valence-electron chi connectivity index (χ0n) is 12.5. The number of hydrogen-bond donors (Lipinski definition) is 1. The predicted octanol–water partition coefficient (Wildman–Crippen LogP) is 3.02. The second-order valence-electron chi connectivity index (χ2n) is 4.67. The first-order valence-electron chi connectivity index (χ1n) is 7.08. The van der Waals surface area contributed by atoms with E-state index in [2.05, 4.69) is 34.3 Å². The van der Waals surface area contributed by atoms with E-state index in [9.17, 15) is 0 Å². The molecule has 2 aromatic rings. The van der Waals surface area contributed by atoms with Crippen LogP contribution in [-0.4, -0.2) is 23.7 Å². The lowest BCUT2D eigenvalue weighted by atomic mass is 10.1. The van der Waals surface area contributed by atoms with Crippen molar-refractivity contribution in [1.29, 1.82) is 0 Å². The molecular weight excluding hydrogens is 266 g/mol. The number of hydrogen-bond acceptors (Lipinski definition) is 5. The van der Waals surface area contributed by atoms with Crippen molar-refractivity contribution in [3.05, 3.63) is 47.7 Å². The highest BCUT2D eigenvalue weighted by atomic mass is 16.5. The molecule has 0 aliphatic heterocycles. The molecule has 0 unspecified atom stereocenters. The van der Waals surface area contributed by atoms with Crippen LogP contribution in [0.4, 0.5) is 5.95 Å². The van der Waals surface area contributed by atoms with Gasteiger partial charge in [0.1, 0.15) is 0 Å². The van der Waals surface area contributed by atoms with Gasteiger partial charge in [-0.05, 0) is 17.5 Å². The third-order valence-corrected chi connectivity index (χ3v) is 2.84. The van der Waals surface area contributed by atoms with Gasteiger partial charge in [-0.1, -0.05) is 31.2 Å². The Hall–Kier alpha value is -2.14. The Kier molecular flexibility index (Phi) is 5.97. The van der Waals surface area contributed by atoms with Gasteiger partial charge >= 0.3 is 0 Å². The Morgan fingerprint density at radius 2 is 2.05 bits per heavy atom. The highest BCUT2D eigenvalue weighted by Gasteiger charge is 2.01. The molecule has 0 amide bonds. The molecule has 0 fully saturated rings. The van der Waals surface area contributed by atoms with E-state index >= 15 is 0 Å². The fourth-order valence-corrected chi connectivity index (χ4v) is 1.89. The van der Waals surface area contributed by atoms with E-state index in [-0.39, 0.29) is 0 Å². The Balaban J connectivity index is 1.94. The standard InChI is InChI=1S/C16H21N3O2/c1-3-9-21-15-7-8-17-16(19-15)18-11-13-5-4-6-14(10-13)12-20-2/h4-8,10H,3,9,11-12H2,1-2H3,(H,17,18,19). The van der Waals surface area contributed by atoms with Gasteiger partial charge in [0.25, 0.3) is 0 Å². The average molecular weight is 287 g/mol. The second kappa shape index (κ2) is 8.21. The normalized spacial score (nSPS) is 10.4. The molecule has 1 aromatic carbocycles. The summed E-state index contributed by atoms with van der Waals surface area (Å²) in [7, 11) is 1.70. The first kappa shape index (κ1) is 15.3. The van der Waals surface area contributed by atoms with Crippen molar-refractivity contribution in [2.45, 2.75) is 26.5 Å². The van der Waals surface area contributed by atoms with E-state index in [0.717, 1.165) is 17.5 Å². The van der Waals surface area contributed by atoms with Gasteiger partial charge in [0.2, 0.25) is 11.8 Å². The fraction of sp³-hybridized carbons (Fsp3) is 0.375. The van der Waals surface area contributed by atoms with E-state index in [4.69, 9.17) is 9.47 Å². The van der Waals surface area contributed by atoms with Crippen LogP contribution in [0.5, 0.6) is 5.88 Å². The maximum Gasteiger partial charge on any atom is 0.226 e. The largest absolute Gasteiger partial charge is 0.478 e. The summed E-state index contributed by atoms with van der Waals surface area (Å²) >= 11 is 0. The lowest BCUT2D eigenvalue weighted by Crippen LogP contribution is -2.05. The lowest BCUT2D eigenvalue weighted by Gasteiger charge is -2.08. The molecular formula is C16H21N3O2. The van der Waals surface area contributed by atoms with Crippen molar-refractivity contribution in [3.63, 3.8) is 0 Å². The Morgan fingerprint density at radius 1 is 1.19 bits per heavy atom. The minimum absolute atomic E-state index is 0.570. The van der Waals surface area contributed by atoms with E-state index in [0.29, 0.717) is 31.6 Å². The molecule has 0 saturated carbocycles. The first-order chi connectivity index (χ1) is 10.3. The molecule has 5 heteroatoms. The summed E-state index contributed by atoms with van der Waals surface area (Å²) in [5.41, 5.74) is 2.31. The van der Waals surface area contributed by atoms with Crippen molar-refractivity contribution in [2.24, 2.45) is 0 Å². The van der Waals surface area contributed by atoms with Crippen molar-refractivity contribution in [2.75, 3.05) is 19.0 Å². The zero-order valence-corrected chi connectivity index (χ0v) is 12.5. The minimum atomic E-state index is 0.570. The molecule has 21 heavy (non-hydrogen) atoms. The quantitative estimate of drug-likeness (QED) is 0.808. The van der Waals surface area contributed by atoms with Gasteiger partial charge in [-0.3, -0.25) is 0 Å². The highest BCUT2D eigenvalue weighted by molar-refractivity contribution is 5.31. The fourth-order valence-electron chi connectivity index (χ4n) is 1.89. The smallest absolute Gasteiger partial charge is 0.226 e. The SMILES string of the molecule is CCCOc1ccnc(NCc2cccc(COC)c2)n1. The third kappa shape index (κ3) is 5.04. The van der Waals surface area contributed by atoms with Crippen molar-refractivity contribution in [3.8, 4) is 5.88 Å². The first-order valence-corrected chi connectivity index (χ1v) is 7.08. The number of rotatable bonds is 8. The van der Waals surface area contributed by atoms with Crippen molar-refractivity contribution in [1.82, 2.24) is 9.97 Å². The van der Waals surface area contributed by atoms with Crippen molar-refractivity contribution < 1.29 is 9.47 Å². The average Bonchev–Trinajstić information content (AvgIpc) is 2.52. The van der Waals surface area contributed by atoms with Crippen LogP contribution in [0, 0.1) is 0 Å². The number of nitrogens with one attached hydrogen (secondary N) is 1. The van der Waals surface area contributed by atoms with Crippen LogP contribution < -0.4 is 10.1 Å². The predicted molar refractivity (Wildman–Crippen MR) is 82.3 cm³/mol. The number of anilines is 1. The van der Waals surface area contributed by atoms with Gasteiger partial charge in [0.05, 0.1) is 13.2 Å². The summed E-state index contributed by atoms with van der Waals surface area (Å²) in [6.45, 7) is 4.00. The van der Waals surface area contributed by atoms with Crippen LogP contribution in [0.25, 0.3) is 0 Å². The number of benzene rings is 1. The molecule has 0 aliphatic carbocycles. The van der Waals surface area contributed by atoms with Crippen LogP contribution >= 0.6 is 0 Å². The van der Waals surface area contributed by atoms with Crippen LogP contribution in [-0.2, 0) is 17.9 Å². The molecule has 0 atom stereocenters. The minimum Gasteiger partial charge on any atom is -0.478 e. The zero-order chi connectivity index (χ0) is 14.9. The number of aromatic nitrogens is 2. The van der Waals surface area contributed by atoms with E-state index in [1.807, 2.05) is 12.1 Å². The summed E-state index contributed by atoms with van der Waals surface area (Å²) in [6, 6.07) is 9.99. The molecule has 1 heterocycles. The maximum atomic E-state index is 5.49. The molecule has 0 aliphatic rings. The Bertz CT molecular complexity index is 561. The number of nitrogens with zero attached hydrogens (tertiary/aromatic N) is 2. The molecule has 2 rings (SSSR count). The molecule has 0 saturated heterocycles. The van der Waals surface area contributed by atoms with Crippen LogP contribution in [0.1, 0.15) is 24.5 Å². The molecule has 112 valence electrons. The van der Waals surface area contributed by atoms with Gasteiger partial charge in [-0.15, -0.1) is 0 Å². The van der Waals surface area contributed by atoms with Gasteiger partial charge < -0.3 is 14.8 Å². The summed E-state index contributed by atoms with van der Waals surface area (Å²) in [4.78, 5) is 8.51. The summed E-state index contributed by atoms with van der Waals surface area (Å²) < 4.78 is 10.6. The maximum absolute atomic E-state index is 5.49. The van der Waals surface area contributed by atoms with E-state index in [1.165, 1.54) is 0 Å². The topological polar surface area (TPSA) is 56.3 Å². The molecule has 0 bridgehead atoms. The molecule has 1 N–H and O–H groups in total. The summed E-state index contributed by atoms with van der Waals surface area (Å²) in [5, 5.41) is 3.20. The second-order valence-corrected chi connectivity index (χ2v) is 4.67. The molecule has 5 nitrogen and oxygen atoms in total. The van der Waals surface area contributed by atoms with Crippen LogP contribution in [0.15, 0.2) is 36.5 Å². The van der Waals surface area contributed by atoms with Gasteiger partial charge in [0, 0.05) is 25.9 Å². The van der Waals surface area contributed by atoms with Crippen LogP contribution in [0.2, 0.25) is 0 Å². The highest BCUT2D eigenvalue weighted by Crippen LogP contribution is 2.11. The Morgan fingerprint density at radius 3 is 2.86 bits per heavy atom. The van der Waals surface area contributed by atoms with Gasteiger partial charge in [0.15, 0.2) is 0 Å². The van der Waals surface area contributed by atoms with Crippen LogP contribution in [0.3, 0.4) is 0 Å². The van der Waals surface area contributed by atoms with Crippen molar-refractivity contribution >= 4 is 5.95 Å². The van der Waals surface area contributed by atoms with E-state index in [1.54, 1.807) is 19.4 Å². The Labute approximate surface area is 125 Å². The number of ether oxygens (including phenoxy) is 2. The monoisotopic (exact) mass is 287 g/mol. The summed E-state index contributed by atoms with van der Waals surface area (Å²) in [6.07, 6.45) is 2.65. The lowest BCUT2D eigenvalue weighted by molar-refractivity contribution is 0.185. The van der Waals surface area contributed by atoms with Gasteiger partial charge in [-0.2, -0.15) is 4.98 Å². The number of methoxy groups -OCH3 is 1. The molecule has 0 radical (unpaired) electrons. The van der Waals surface area contributed by atoms with E-state index < -0.39 is 0 Å². The third-order valence-electron chi connectivity index (χ3n) is 2.84. The summed E-state index contributed by atoms with van der Waals surface area (Å²) in [5.74, 6) is 1.17. The van der Waals surface area contributed by atoms with Gasteiger partial charge in [-0.25, -0.2) is 4.98 Å². The molecule has 0 spiro atoms. The molecule has 1 aromatic heterocycles.